The Labute approximate surface area is 112 Å². The van der Waals surface area contributed by atoms with Crippen molar-refractivity contribution in [3.63, 3.8) is 0 Å². The van der Waals surface area contributed by atoms with E-state index in [0.717, 1.165) is 16.1 Å². The maximum atomic E-state index is 11.9. The van der Waals surface area contributed by atoms with Gasteiger partial charge >= 0.3 is 0 Å². The molecule has 0 spiro atoms. The minimum absolute atomic E-state index is 0.114. The molecule has 0 saturated carbocycles. The van der Waals surface area contributed by atoms with E-state index in [0.29, 0.717) is 32.4 Å². The first-order valence-corrected chi connectivity index (χ1v) is 6.65. The van der Waals surface area contributed by atoms with Crippen LogP contribution in [0, 0.1) is 6.92 Å². The summed E-state index contributed by atoms with van der Waals surface area (Å²) in [5.74, 6) is 0.114. The zero-order valence-electron chi connectivity index (χ0n) is 10.5. The van der Waals surface area contributed by atoms with Crippen LogP contribution in [-0.2, 0) is 11.2 Å². The number of amides is 1. The Kier molecular flexibility index (Phi) is 4.25. The third kappa shape index (κ3) is 3.24. The Morgan fingerprint density at radius 1 is 1.56 bits per heavy atom. The predicted molar refractivity (Wildman–Crippen MR) is 71.7 cm³/mol. The van der Waals surface area contributed by atoms with Gasteiger partial charge in [0.05, 0.1) is 6.10 Å². The van der Waals surface area contributed by atoms with Gasteiger partial charge in [0, 0.05) is 24.5 Å². The lowest BCUT2D eigenvalue weighted by molar-refractivity contribution is -0.130. The lowest BCUT2D eigenvalue weighted by atomic mass is 10.1. The van der Waals surface area contributed by atoms with Gasteiger partial charge < -0.3 is 10.0 Å². The summed E-state index contributed by atoms with van der Waals surface area (Å²) in [4.78, 5) is 13.6. The number of nitrogens with zero attached hydrogens (tertiary/aromatic N) is 1. The quantitative estimate of drug-likeness (QED) is 0.912. The van der Waals surface area contributed by atoms with Crippen LogP contribution in [0.4, 0.5) is 0 Å². The fourth-order valence-electron chi connectivity index (χ4n) is 2.17. The van der Waals surface area contributed by atoms with Crippen molar-refractivity contribution in [3.8, 4) is 0 Å². The molecule has 1 amide bonds. The number of carbonyl (C=O) groups excluding carboxylic acids is 1. The number of aliphatic hydroxyl groups is 1. The van der Waals surface area contributed by atoms with Crippen molar-refractivity contribution >= 4 is 17.5 Å². The molecule has 4 heteroatoms. The summed E-state index contributed by atoms with van der Waals surface area (Å²) in [7, 11) is 0. The van der Waals surface area contributed by atoms with Crippen LogP contribution < -0.4 is 0 Å². The van der Waals surface area contributed by atoms with Crippen LogP contribution in [-0.4, -0.2) is 35.1 Å². The van der Waals surface area contributed by atoms with E-state index >= 15 is 0 Å². The molecule has 1 aliphatic rings. The number of halogens is 1. The smallest absolute Gasteiger partial charge is 0.222 e. The van der Waals surface area contributed by atoms with Gasteiger partial charge in [0.25, 0.3) is 0 Å². The Hall–Kier alpha value is -1.06. The minimum Gasteiger partial charge on any atom is -0.391 e. The topological polar surface area (TPSA) is 40.5 Å². The highest BCUT2D eigenvalue weighted by Crippen LogP contribution is 2.18. The molecule has 1 aliphatic heterocycles. The van der Waals surface area contributed by atoms with E-state index in [2.05, 4.69) is 0 Å². The molecular weight excluding hydrogens is 250 g/mol. The molecule has 0 unspecified atom stereocenters. The van der Waals surface area contributed by atoms with Gasteiger partial charge in [0.2, 0.25) is 5.91 Å². The van der Waals surface area contributed by atoms with Crippen molar-refractivity contribution in [2.45, 2.75) is 32.3 Å². The number of hydrogen-bond donors (Lipinski definition) is 1. The van der Waals surface area contributed by atoms with Gasteiger partial charge in [0.15, 0.2) is 0 Å². The summed E-state index contributed by atoms with van der Waals surface area (Å²) in [5, 5.41) is 10.1. The van der Waals surface area contributed by atoms with Gasteiger partial charge in [-0.15, -0.1) is 0 Å². The molecule has 2 rings (SSSR count). The van der Waals surface area contributed by atoms with E-state index in [1.165, 1.54) is 0 Å². The van der Waals surface area contributed by atoms with Gasteiger partial charge in [-0.1, -0.05) is 23.7 Å². The summed E-state index contributed by atoms with van der Waals surface area (Å²) >= 11 is 6.05. The lowest BCUT2D eigenvalue weighted by Crippen LogP contribution is -2.29. The zero-order valence-corrected chi connectivity index (χ0v) is 11.3. The van der Waals surface area contributed by atoms with Gasteiger partial charge in [-0.3, -0.25) is 4.79 Å². The van der Waals surface area contributed by atoms with Crippen molar-refractivity contribution < 1.29 is 9.90 Å². The van der Waals surface area contributed by atoms with Crippen LogP contribution in [0.3, 0.4) is 0 Å². The van der Waals surface area contributed by atoms with Crippen LogP contribution in [0.15, 0.2) is 18.2 Å². The standard InChI is InChI=1S/C14H18ClNO2/c1-10-2-3-11(8-13(10)15)4-5-14(18)16-7-6-12(17)9-16/h2-3,8,12,17H,4-7,9H2,1H3/t12-/m0/s1. The third-order valence-electron chi connectivity index (χ3n) is 3.38. The van der Waals surface area contributed by atoms with Crippen molar-refractivity contribution in [3.05, 3.63) is 34.3 Å². The molecule has 1 atom stereocenters. The number of carbonyl (C=O) groups is 1. The Balaban J connectivity index is 1.87. The molecule has 1 aromatic carbocycles. The second-order valence-electron chi connectivity index (χ2n) is 4.87. The Bertz CT molecular complexity index is 447. The number of aliphatic hydroxyl groups excluding tert-OH is 1. The molecule has 1 saturated heterocycles. The molecule has 1 fully saturated rings. The molecule has 0 aromatic heterocycles. The summed E-state index contributed by atoms with van der Waals surface area (Å²) in [6.07, 6.45) is 1.53. The monoisotopic (exact) mass is 267 g/mol. The summed E-state index contributed by atoms with van der Waals surface area (Å²) in [6.45, 7) is 3.12. The van der Waals surface area contributed by atoms with Crippen molar-refractivity contribution in [1.82, 2.24) is 4.90 Å². The van der Waals surface area contributed by atoms with Crippen molar-refractivity contribution in [2.24, 2.45) is 0 Å². The molecule has 98 valence electrons. The third-order valence-corrected chi connectivity index (χ3v) is 3.79. The van der Waals surface area contributed by atoms with Gasteiger partial charge in [-0.05, 0) is 37.0 Å². The van der Waals surface area contributed by atoms with E-state index in [9.17, 15) is 9.90 Å². The average molecular weight is 268 g/mol. The van der Waals surface area contributed by atoms with Crippen molar-refractivity contribution in [1.29, 1.82) is 0 Å². The molecule has 3 nitrogen and oxygen atoms in total. The number of benzene rings is 1. The molecule has 0 bridgehead atoms. The highest BCUT2D eigenvalue weighted by Gasteiger charge is 2.23. The summed E-state index contributed by atoms with van der Waals surface area (Å²) < 4.78 is 0. The first-order valence-electron chi connectivity index (χ1n) is 6.27. The van der Waals surface area contributed by atoms with E-state index < -0.39 is 0 Å². The fourth-order valence-corrected chi connectivity index (χ4v) is 2.37. The summed E-state index contributed by atoms with van der Waals surface area (Å²) in [5.41, 5.74) is 2.13. The minimum atomic E-state index is -0.345. The van der Waals surface area contributed by atoms with Crippen molar-refractivity contribution in [2.75, 3.05) is 13.1 Å². The number of β-amino-alcohol motifs (C(OH)–C–C–N with tert-alkyl or cyclic N) is 1. The maximum absolute atomic E-state index is 11.9. The molecule has 0 aliphatic carbocycles. The number of hydrogen-bond acceptors (Lipinski definition) is 2. The van der Waals surface area contributed by atoms with E-state index in [1.807, 2.05) is 25.1 Å². The zero-order chi connectivity index (χ0) is 13.1. The normalized spacial score (nSPS) is 19.3. The number of aryl methyl sites for hydroxylation is 2. The maximum Gasteiger partial charge on any atom is 0.222 e. The number of likely N-dealkylation sites (tertiary alicyclic amines) is 1. The fraction of sp³-hybridized carbons (Fsp3) is 0.500. The lowest BCUT2D eigenvalue weighted by Gasteiger charge is -2.15. The number of rotatable bonds is 3. The second-order valence-corrected chi connectivity index (χ2v) is 5.27. The van der Waals surface area contributed by atoms with Gasteiger partial charge in [-0.2, -0.15) is 0 Å². The molecular formula is C14H18ClNO2. The summed E-state index contributed by atoms with van der Waals surface area (Å²) in [6, 6.07) is 5.90. The molecule has 0 radical (unpaired) electrons. The highest BCUT2D eigenvalue weighted by molar-refractivity contribution is 6.31. The second kappa shape index (κ2) is 5.72. The molecule has 18 heavy (non-hydrogen) atoms. The molecule has 1 N–H and O–H groups in total. The van der Waals surface area contributed by atoms with Crippen LogP contribution in [0.1, 0.15) is 24.0 Å². The SMILES string of the molecule is Cc1ccc(CCC(=O)N2CC[C@H](O)C2)cc1Cl. The van der Waals surface area contributed by atoms with Crippen LogP contribution in [0.5, 0.6) is 0 Å². The predicted octanol–water partition coefficient (Wildman–Crippen LogP) is 2.17. The largest absolute Gasteiger partial charge is 0.391 e. The van der Waals surface area contributed by atoms with Crippen LogP contribution in [0.25, 0.3) is 0 Å². The Morgan fingerprint density at radius 2 is 2.33 bits per heavy atom. The first-order chi connectivity index (χ1) is 8.56. The van der Waals surface area contributed by atoms with Gasteiger partial charge in [-0.25, -0.2) is 0 Å². The first kappa shape index (κ1) is 13.4. The van der Waals surface area contributed by atoms with E-state index in [4.69, 9.17) is 11.6 Å². The molecule has 1 aromatic rings. The van der Waals surface area contributed by atoms with E-state index in [1.54, 1.807) is 4.90 Å². The highest BCUT2D eigenvalue weighted by atomic mass is 35.5. The Morgan fingerprint density at radius 3 is 2.94 bits per heavy atom. The average Bonchev–Trinajstić information content (AvgIpc) is 2.77. The van der Waals surface area contributed by atoms with Gasteiger partial charge in [0.1, 0.15) is 0 Å². The van der Waals surface area contributed by atoms with E-state index in [-0.39, 0.29) is 12.0 Å². The van der Waals surface area contributed by atoms with Crippen LogP contribution >= 0.6 is 11.6 Å². The molecule has 1 heterocycles. The van der Waals surface area contributed by atoms with Crippen LogP contribution in [0.2, 0.25) is 5.02 Å².